The van der Waals surface area contributed by atoms with E-state index >= 15 is 0 Å². The number of fused-ring (bicyclic) bond motifs is 1. The number of likely N-dealkylation sites (tertiary alicyclic amines) is 1. The fraction of sp³-hybridized carbons (Fsp3) is 0.250. The quantitative estimate of drug-likeness (QED) is 0.481. The van der Waals surface area contributed by atoms with Gasteiger partial charge in [-0.15, -0.1) is 0 Å². The lowest BCUT2D eigenvalue weighted by atomic mass is 10.1. The minimum Gasteiger partial charge on any atom is -0.382 e. The van der Waals surface area contributed by atoms with E-state index in [1.807, 2.05) is 31.2 Å². The number of anilines is 1. The molecule has 0 bridgehead atoms. The van der Waals surface area contributed by atoms with Crippen molar-refractivity contribution in [2.45, 2.75) is 13.3 Å². The lowest BCUT2D eigenvalue weighted by Gasteiger charge is -2.08. The van der Waals surface area contributed by atoms with E-state index in [9.17, 15) is 4.79 Å². The molecule has 2 N–H and O–H groups in total. The summed E-state index contributed by atoms with van der Waals surface area (Å²) < 4.78 is 0. The molecule has 1 aliphatic rings. The van der Waals surface area contributed by atoms with Gasteiger partial charge in [-0.25, -0.2) is 19.9 Å². The monoisotopic (exact) mass is 370 g/mol. The second-order valence-electron chi connectivity index (χ2n) is 6.94. The number of aryl methyl sites for hydroxylation is 1. The van der Waals surface area contributed by atoms with E-state index in [2.05, 4.69) is 31.8 Å². The van der Waals surface area contributed by atoms with Gasteiger partial charge in [0.25, 0.3) is 0 Å². The van der Waals surface area contributed by atoms with Crippen molar-refractivity contribution in [2.75, 3.05) is 19.3 Å². The zero-order chi connectivity index (χ0) is 19.8. The zero-order valence-corrected chi connectivity index (χ0v) is 16.0. The van der Waals surface area contributed by atoms with Gasteiger partial charge in [-0.05, 0) is 25.5 Å². The van der Waals surface area contributed by atoms with Crippen molar-refractivity contribution in [3.63, 3.8) is 0 Å². The summed E-state index contributed by atoms with van der Waals surface area (Å²) in [6.45, 7) is 2.64. The number of aromatic nitrogens is 4. The van der Waals surface area contributed by atoms with Crippen LogP contribution in [0.15, 0.2) is 24.3 Å². The van der Waals surface area contributed by atoms with Crippen molar-refractivity contribution < 1.29 is 4.79 Å². The van der Waals surface area contributed by atoms with Crippen molar-refractivity contribution in [1.82, 2.24) is 24.8 Å². The third-order valence-corrected chi connectivity index (χ3v) is 4.80. The molecule has 1 fully saturated rings. The summed E-state index contributed by atoms with van der Waals surface area (Å²) >= 11 is 0. The van der Waals surface area contributed by atoms with Gasteiger partial charge in [0.1, 0.15) is 17.0 Å². The summed E-state index contributed by atoms with van der Waals surface area (Å²) in [4.78, 5) is 31.5. The average molecular weight is 370 g/mol. The molecule has 3 heterocycles. The molecule has 1 amide bonds. The maximum atomic E-state index is 12.0. The fourth-order valence-electron chi connectivity index (χ4n) is 3.29. The lowest BCUT2D eigenvalue weighted by Crippen LogP contribution is -2.21. The van der Waals surface area contributed by atoms with Crippen LogP contribution in [-0.4, -0.2) is 52.2 Å². The van der Waals surface area contributed by atoms with Gasteiger partial charge in [-0.2, -0.15) is 0 Å². The molecule has 138 valence electrons. The highest BCUT2D eigenvalue weighted by molar-refractivity contribution is 6.29. The summed E-state index contributed by atoms with van der Waals surface area (Å²) in [5, 5.41) is 0. The topological polar surface area (TPSA) is 97.9 Å². The van der Waals surface area contributed by atoms with Gasteiger partial charge in [0.05, 0.1) is 11.4 Å². The fourth-order valence-corrected chi connectivity index (χ4v) is 3.29. The molecule has 28 heavy (non-hydrogen) atoms. The molecule has 1 aromatic carbocycles. The first-order chi connectivity index (χ1) is 13.4. The Morgan fingerprint density at radius 3 is 2.79 bits per heavy atom. The summed E-state index contributed by atoms with van der Waals surface area (Å²) in [6, 6.07) is 7.65. The van der Waals surface area contributed by atoms with Crippen molar-refractivity contribution in [2.24, 2.45) is 5.92 Å². The van der Waals surface area contributed by atoms with Crippen molar-refractivity contribution >= 4 is 36.3 Å². The van der Waals surface area contributed by atoms with Gasteiger partial charge in [0, 0.05) is 24.7 Å². The van der Waals surface area contributed by atoms with Crippen LogP contribution in [0.25, 0.3) is 22.4 Å². The second-order valence-corrected chi connectivity index (χ2v) is 6.94. The second kappa shape index (κ2) is 6.93. The predicted molar refractivity (Wildman–Crippen MR) is 111 cm³/mol. The highest BCUT2D eigenvalue weighted by atomic mass is 16.2. The molecule has 0 saturated carbocycles. The average Bonchev–Trinajstić information content (AvgIpc) is 2.99. The number of benzene rings is 1. The van der Waals surface area contributed by atoms with E-state index in [0.29, 0.717) is 28.4 Å². The third-order valence-electron chi connectivity index (χ3n) is 4.80. The maximum absolute atomic E-state index is 12.0. The molecule has 1 saturated heterocycles. The van der Waals surface area contributed by atoms with Crippen LogP contribution < -0.4 is 11.5 Å². The van der Waals surface area contributed by atoms with Gasteiger partial charge < -0.3 is 10.6 Å². The Morgan fingerprint density at radius 1 is 1.21 bits per heavy atom. The summed E-state index contributed by atoms with van der Waals surface area (Å²) in [5.74, 6) is 6.95. The van der Waals surface area contributed by atoms with Crippen LogP contribution in [0, 0.1) is 24.7 Å². The molecule has 8 heteroatoms. The first kappa shape index (κ1) is 17.9. The normalized spacial score (nSPS) is 16.3. The Bertz CT molecular complexity index is 1170. The number of nitrogens with two attached hydrogens (primary N) is 1. The SMILES string of the molecule is Bc1nc(N)c2nc(-c3cccc(C#C[C@@H]4CCN(C)C4=O)c3)nc(C)c2n1. The summed E-state index contributed by atoms with van der Waals surface area (Å²) in [7, 11) is 3.60. The van der Waals surface area contributed by atoms with E-state index in [-0.39, 0.29) is 11.8 Å². The van der Waals surface area contributed by atoms with Gasteiger partial charge in [-0.1, -0.05) is 24.0 Å². The van der Waals surface area contributed by atoms with E-state index in [1.54, 1.807) is 19.8 Å². The molecule has 0 radical (unpaired) electrons. The van der Waals surface area contributed by atoms with Crippen molar-refractivity contribution in [3.05, 3.63) is 35.5 Å². The number of carbonyl (C=O) groups excluding carboxylic acids is 1. The minimum absolute atomic E-state index is 0.0860. The number of nitrogens with zero attached hydrogens (tertiary/aromatic N) is 5. The largest absolute Gasteiger partial charge is 0.382 e. The maximum Gasteiger partial charge on any atom is 0.237 e. The first-order valence-electron chi connectivity index (χ1n) is 9.08. The van der Waals surface area contributed by atoms with Crippen LogP contribution in [0.1, 0.15) is 17.7 Å². The molecule has 2 aromatic heterocycles. The van der Waals surface area contributed by atoms with Crippen LogP contribution in [0.2, 0.25) is 0 Å². The van der Waals surface area contributed by atoms with E-state index < -0.39 is 0 Å². The predicted octanol–water partition coefficient (Wildman–Crippen LogP) is 0.0656. The van der Waals surface area contributed by atoms with E-state index in [1.165, 1.54) is 0 Å². The number of hydrogen-bond donors (Lipinski definition) is 1. The van der Waals surface area contributed by atoms with Crippen LogP contribution in [0.5, 0.6) is 0 Å². The molecule has 1 aliphatic heterocycles. The number of amides is 1. The molecule has 1 atom stereocenters. The molecular weight excluding hydrogens is 351 g/mol. The molecule has 0 spiro atoms. The summed E-state index contributed by atoms with van der Waals surface area (Å²) in [6.07, 6.45) is 0.772. The molecule has 4 rings (SSSR count). The lowest BCUT2D eigenvalue weighted by molar-refractivity contribution is -0.128. The molecule has 3 aromatic rings. The van der Waals surface area contributed by atoms with Crippen molar-refractivity contribution in [3.8, 4) is 23.2 Å². The van der Waals surface area contributed by atoms with Crippen LogP contribution in [0.3, 0.4) is 0 Å². The van der Waals surface area contributed by atoms with Gasteiger partial charge in [0.2, 0.25) is 5.91 Å². The number of nitrogen functional groups attached to an aromatic ring is 1. The number of rotatable bonds is 1. The molecular formula is C20H19BN6O. The highest BCUT2D eigenvalue weighted by Gasteiger charge is 2.27. The number of hydrogen-bond acceptors (Lipinski definition) is 6. The molecule has 0 aliphatic carbocycles. The van der Waals surface area contributed by atoms with Gasteiger partial charge in [0.15, 0.2) is 19.5 Å². The minimum atomic E-state index is -0.229. The zero-order valence-electron chi connectivity index (χ0n) is 16.0. The Hall–Kier alpha value is -3.47. The molecule has 7 nitrogen and oxygen atoms in total. The number of carbonyl (C=O) groups is 1. The summed E-state index contributed by atoms with van der Waals surface area (Å²) in [5.41, 5.74) is 10.2. The van der Waals surface area contributed by atoms with Crippen LogP contribution in [-0.2, 0) is 4.79 Å². The van der Waals surface area contributed by atoms with Crippen LogP contribution in [0.4, 0.5) is 5.82 Å². The smallest absolute Gasteiger partial charge is 0.237 e. The third kappa shape index (κ3) is 3.27. The van der Waals surface area contributed by atoms with Gasteiger partial charge >= 0.3 is 0 Å². The molecule has 0 unspecified atom stereocenters. The standard InChI is InChI=1S/C20H19BN6O/c1-11-15-16(17(22)26-20(21)25-15)24-18(23-11)14-5-3-4-12(10-14)6-7-13-8-9-27(2)19(13)28/h3-5,10,13H,8-9,21H2,1-2H3,(H2,22,25,26)/t13-/m1/s1. The first-order valence-corrected chi connectivity index (χ1v) is 9.08. The Kier molecular flexibility index (Phi) is 4.43. The van der Waals surface area contributed by atoms with Crippen molar-refractivity contribution in [1.29, 1.82) is 0 Å². The van der Waals surface area contributed by atoms with E-state index in [0.717, 1.165) is 29.8 Å². The van der Waals surface area contributed by atoms with Gasteiger partial charge in [-0.3, -0.25) is 4.79 Å². The Balaban J connectivity index is 1.71. The highest BCUT2D eigenvalue weighted by Crippen LogP contribution is 2.23. The Morgan fingerprint density at radius 2 is 2.04 bits per heavy atom. The Labute approximate surface area is 163 Å². The van der Waals surface area contributed by atoms with Crippen LogP contribution >= 0.6 is 0 Å². The van der Waals surface area contributed by atoms with E-state index in [4.69, 9.17) is 5.73 Å².